The van der Waals surface area contributed by atoms with Crippen LogP contribution in [-0.2, 0) is 28.8 Å². The van der Waals surface area contributed by atoms with Gasteiger partial charge in [0.15, 0.2) is 0 Å². The monoisotopic (exact) mass is 402 g/mol. The summed E-state index contributed by atoms with van der Waals surface area (Å²) in [5, 5.41) is 14.1. The number of carbonyl (C=O) groups excluding carboxylic acids is 2. The summed E-state index contributed by atoms with van der Waals surface area (Å²) in [6.07, 6.45) is 6.19. The fourth-order valence-corrected chi connectivity index (χ4v) is 4.71. The topological polar surface area (TPSA) is 98.5 Å². The van der Waals surface area contributed by atoms with Gasteiger partial charge < -0.3 is 10.1 Å². The highest BCUT2D eigenvalue weighted by Crippen LogP contribution is 2.37. The van der Waals surface area contributed by atoms with Crippen LogP contribution in [0.1, 0.15) is 52.0 Å². The van der Waals surface area contributed by atoms with E-state index in [0.717, 1.165) is 42.5 Å². The molecule has 1 heterocycles. The van der Waals surface area contributed by atoms with E-state index in [1.807, 2.05) is 0 Å². The highest BCUT2D eigenvalue weighted by atomic mass is 32.1. The molecule has 1 aliphatic rings. The highest BCUT2D eigenvalue weighted by molar-refractivity contribution is 7.17. The number of nitrogens with zero attached hydrogens (tertiary/aromatic N) is 1. The van der Waals surface area contributed by atoms with Crippen LogP contribution in [0.3, 0.4) is 0 Å². The van der Waals surface area contributed by atoms with E-state index in [0.29, 0.717) is 16.1 Å². The van der Waals surface area contributed by atoms with Crippen molar-refractivity contribution in [3.8, 4) is 0 Å². The van der Waals surface area contributed by atoms with Gasteiger partial charge in [-0.05, 0) is 36.8 Å². The van der Waals surface area contributed by atoms with E-state index < -0.39 is 10.9 Å². The molecule has 0 radical (unpaired) electrons. The predicted molar refractivity (Wildman–Crippen MR) is 107 cm³/mol. The van der Waals surface area contributed by atoms with Gasteiger partial charge in [-0.1, -0.05) is 25.0 Å². The smallest absolute Gasteiger partial charge is 0.341 e. The van der Waals surface area contributed by atoms with E-state index in [-0.39, 0.29) is 18.0 Å². The minimum absolute atomic E-state index is 0.0183. The van der Waals surface area contributed by atoms with Crippen molar-refractivity contribution in [1.82, 2.24) is 0 Å². The van der Waals surface area contributed by atoms with Gasteiger partial charge in [0.25, 0.3) is 5.69 Å². The van der Waals surface area contributed by atoms with Crippen LogP contribution in [0.25, 0.3) is 0 Å². The Kier molecular flexibility index (Phi) is 6.41. The third-order valence-electron chi connectivity index (χ3n) is 4.83. The quantitative estimate of drug-likeness (QED) is 0.457. The number of anilines is 1. The Morgan fingerprint density at radius 1 is 1.14 bits per heavy atom. The number of ether oxygens (including phenoxy) is 1. The number of amides is 1. The molecule has 0 saturated carbocycles. The maximum absolute atomic E-state index is 12.5. The standard InChI is InChI=1S/C20H22N2O5S/c1-27-20(24)18-15-6-4-2-3-5-7-16(15)28-19(18)21-17(23)12-13-8-10-14(11-9-13)22(25)26/h8-11H,2-7,12H2,1H3,(H,21,23). The number of nitro benzene ring substituents is 1. The van der Waals surface area contributed by atoms with Crippen molar-refractivity contribution in [3.05, 3.63) is 55.9 Å². The number of aryl methyl sites for hydroxylation is 1. The first kappa shape index (κ1) is 20.0. The predicted octanol–water partition coefficient (Wildman–Crippen LogP) is 4.28. The number of rotatable bonds is 5. The zero-order chi connectivity index (χ0) is 20.1. The summed E-state index contributed by atoms with van der Waals surface area (Å²) in [6.45, 7) is 0. The van der Waals surface area contributed by atoms with Crippen molar-refractivity contribution < 1.29 is 19.2 Å². The summed E-state index contributed by atoms with van der Waals surface area (Å²) in [5.74, 6) is -0.697. The van der Waals surface area contributed by atoms with Crippen LogP contribution in [0.4, 0.5) is 10.7 Å². The lowest BCUT2D eigenvalue weighted by Gasteiger charge is -2.11. The van der Waals surface area contributed by atoms with Crippen molar-refractivity contribution in [3.63, 3.8) is 0 Å². The van der Waals surface area contributed by atoms with Gasteiger partial charge in [-0.25, -0.2) is 4.79 Å². The number of benzene rings is 1. The van der Waals surface area contributed by atoms with Gasteiger partial charge in [-0.3, -0.25) is 14.9 Å². The van der Waals surface area contributed by atoms with Crippen LogP contribution in [-0.4, -0.2) is 23.9 Å². The second-order valence-corrected chi connectivity index (χ2v) is 7.87. The molecule has 1 aromatic carbocycles. The molecular weight excluding hydrogens is 380 g/mol. The molecular formula is C20H22N2O5S. The molecule has 0 aliphatic heterocycles. The Bertz CT molecular complexity index is 889. The second kappa shape index (κ2) is 8.97. The molecule has 2 aromatic rings. The van der Waals surface area contributed by atoms with Crippen LogP contribution in [0.5, 0.6) is 0 Å². The Morgan fingerprint density at radius 3 is 2.46 bits per heavy atom. The van der Waals surface area contributed by atoms with Crippen molar-refractivity contribution in [2.24, 2.45) is 0 Å². The number of non-ortho nitro benzene ring substituents is 1. The minimum Gasteiger partial charge on any atom is -0.465 e. The maximum atomic E-state index is 12.5. The van der Waals surface area contributed by atoms with Gasteiger partial charge >= 0.3 is 5.97 Å². The fourth-order valence-electron chi connectivity index (χ4n) is 3.42. The number of hydrogen-bond donors (Lipinski definition) is 1. The molecule has 0 saturated heterocycles. The highest BCUT2D eigenvalue weighted by Gasteiger charge is 2.25. The summed E-state index contributed by atoms with van der Waals surface area (Å²) in [5.41, 5.74) is 2.12. The zero-order valence-corrected chi connectivity index (χ0v) is 16.5. The third kappa shape index (κ3) is 4.56. The molecule has 148 valence electrons. The van der Waals surface area contributed by atoms with Gasteiger partial charge in [0, 0.05) is 17.0 Å². The Morgan fingerprint density at radius 2 is 1.82 bits per heavy atom. The van der Waals surface area contributed by atoms with Crippen LogP contribution in [0, 0.1) is 10.1 Å². The normalized spacial score (nSPS) is 13.8. The van der Waals surface area contributed by atoms with Crippen LogP contribution in [0.15, 0.2) is 24.3 Å². The summed E-state index contributed by atoms with van der Waals surface area (Å²) in [4.78, 5) is 36.3. The fraction of sp³-hybridized carbons (Fsp3) is 0.400. The van der Waals surface area contributed by atoms with E-state index in [1.165, 1.54) is 37.0 Å². The van der Waals surface area contributed by atoms with Gasteiger partial charge in [0.2, 0.25) is 5.91 Å². The SMILES string of the molecule is COC(=O)c1c(NC(=O)Cc2ccc([N+](=O)[O-])cc2)sc2c1CCCCCC2. The molecule has 0 unspecified atom stereocenters. The van der Waals surface area contributed by atoms with Crippen LogP contribution in [0.2, 0.25) is 0 Å². The van der Waals surface area contributed by atoms with Crippen molar-refractivity contribution >= 4 is 33.9 Å². The molecule has 0 fully saturated rings. The lowest BCUT2D eigenvalue weighted by molar-refractivity contribution is -0.384. The van der Waals surface area contributed by atoms with Crippen molar-refractivity contribution in [2.45, 2.75) is 44.9 Å². The van der Waals surface area contributed by atoms with E-state index in [4.69, 9.17) is 4.74 Å². The molecule has 0 atom stereocenters. The first-order valence-electron chi connectivity index (χ1n) is 9.25. The average molecular weight is 402 g/mol. The lowest BCUT2D eigenvalue weighted by Crippen LogP contribution is -2.16. The average Bonchev–Trinajstić information content (AvgIpc) is 2.97. The van der Waals surface area contributed by atoms with Gasteiger partial charge in [0.1, 0.15) is 5.00 Å². The largest absolute Gasteiger partial charge is 0.465 e. The Hall–Kier alpha value is -2.74. The van der Waals surface area contributed by atoms with Crippen LogP contribution < -0.4 is 5.32 Å². The Balaban J connectivity index is 1.80. The molecule has 0 bridgehead atoms. The molecule has 1 N–H and O–H groups in total. The molecule has 8 heteroatoms. The van der Waals surface area contributed by atoms with E-state index >= 15 is 0 Å². The number of thiophene rings is 1. The molecule has 1 aromatic heterocycles. The molecule has 1 amide bonds. The number of nitrogens with one attached hydrogen (secondary N) is 1. The molecule has 3 rings (SSSR count). The molecule has 28 heavy (non-hydrogen) atoms. The van der Waals surface area contributed by atoms with E-state index in [2.05, 4.69) is 5.32 Å². The Labute approximate surface area is 166 Å². The first-order chi connectivity index (χ1) is 13.5. The van der Waals surface area contributed by atoms with Gasteiger partial charge in [-0.15, -0.1) is 11.3 Å². The number of esters is 1. The summed E-state index contributed by atoms with van der Waals surface area (Å²) >= 11 is 1.45. The maximum Gasteiger partial charge on any atom is 0.341 e. The minimum atomic E-state index is -0.478. The number of fused-ring (bicyclic) bond motifs is 1. The van der Waals surface area contributed by atoms with Crippen LogP contribution >= 0.6 is 11.3 Å². The first-order valence-corrected chi connectivity index (χ1v) is 10.1. The number of methoxy groups -OCH3 is 1. The van der Waals surface area contributed by atoms with Gasteiger partial charge in [0.05, 0.1) is 24.0 Å². The van der Waals surface area contributed by atoms with Crippen molar-refractivity contribution in [1.29, 1.82) is 0 Å². The number of nitro groups is 1. The second-order valence-electron chi connectivity index (χ2n) is 6.76. The lowest BCUT2D eigenvalue weighted by atomic mass is 9.96. The summed E-state index contributed by atoms with van der Waals surface area (Å²) in [7, 11) is 1.35. The number of carbonyl (C=O) groups is 2. The third-order valence-corrected chi connectivity index (χ3v) is 6.03. The number of hydrogen-bond acceptors (Lipinski definition) is 6. The van der Waals surface area contributed by atoms with Gasteiger partial charge in [-0.2, -0.15) is 0 Å². The van der Waals surface area contributed by atoms with E-state index in [1.54, 1.807) is 12.1 Å². The molecule has 1 aliphatic carbocycles. The molecule has 0 spiro atoms. The summed E-state index contributed by atoms with van der Waals surface area (Å²) in [6, 6.07) is 5.87. The van der Waals surface area contributed by atoms with E-state index in [9.17, 15) is 19.7 Å². The molecule has 7 nitrogen and oxygen atoms in total. The zero-order valence-electron chi connectivity index (χ0n) is 15.7. The summed E-state index contributed by atoms with van der Waals surface area (Å²) < 4.78 is 4.96. The van der Waals surface area contributed by atoms with Crippen molar-refractivity contribution in [2.75, 3.05) is 12.4 Å².